The fourth-order valence-electron chi connectivity index (χ4n) is 1.39. The van der Waals surface area contributed by atoms with Gasteiger partial charge in [-0.1, -0.05) is 6.07 Å². The number of aryl methyl sites for hydroxylation is 2. The molecule has 0 saturated heterocycles. The number of hydrogen-bond acceptors (Lipinski definition) is 3. The predicted molar refractivity (Wildman–Crippen MR) is 64.6 cm³/mol. The van der Waals surface area contributed by atoms with E-state index >= 15 is 0 Å². The van der Waals surface area contributed by atoms with Crippen molar-refractivity contribution in [3.8, 4) is 11.5 Å². The average molecular weight is 214 g/mol. The maximum atomic E-state index is 5.75. The molecule has 0 bridgehead atoms. The summed E-state index contributed by atoms with van der Waals surface area (Å²) in [6.07, 6.45) is 3.24. The summed E-state index contributed by atoms with van der Waals surface area (Å²) >= 11 is 0. The zero-order valence-electron chi connectivity index (χ0n) is 9.40. The minimum atomic E-state index is 0.542. The molecule has 0 aliphatic heterocycles. The van der Waals surface area contributed by atoms with Crippen molar-refractivity contribution in [3.05, 3.63) is 47.8 Å². The molecule has 1 aromatic heterocycles. The first-order valence-electron chi connectivity index (χ1n) is 5.11. The van der Waals surface area contributed by atoms with Crippen LogP contribution in [0.2, 0.25) is 0 Å². The Labute approximate surface area is 94.9 Å². The molecule has 0 spiro atoms. The number of nitrogens with two attached hydrogens (primary N) is 1. The predicted octanol–water partition coefficient (Wildman–Crippen LogP) is 3.07. The molecule has 0 radical (unpaired) electrons. The van der Waals surface area contributed by atoms with E-state index in [1.54, 1.807) is 18.5 Å². The third-order valence-corrected chi connectivity index (χ3v) is 2.52. The van der Waals surface area contributed by atoms with Gasteiger partial charge in [-0.25, -0.2) is 0 Å². The van der Waals surface area contributed by atoms with Crippen molar-refractivity contribution < 1.29 is 4.74 Å². The molecule has 0 aliphatic carbocycles. The first kappa shape index (κ1) is 10.5. The molecular weight excluding hydrogens is 200 g/mol. The zero-order valence-corrected chi connectivity index (χ0v) is 9.40. The lowest BCUT2D eigenvalue weighted by Crippen LogP contribution is -1.93. The second kappa shape index (κ2) is 4.23. The van der Waals surface area contributed by atoms with E-state index in [-0.39, 0.29) is 0 Å². The van der Waals surface area contributed by atoms with E-state index in [2.05, 4.69) is 18.8 Å². The molecule has 0 fully saturated rings. The van der Waals surface area contributed by atoms with Crippen molar-refractivity contribution in [2.24, 2.45) is 0 Å². The Kier molecular flexibility index (Phi) is 2.77. The quantitative estimate of drug-likeness (QED) is 0.835. The van der Waals surface area contributed by atoms with Gasteiger partial charge in [0.15, 0.2) is 5.75 Å². The van der Waals surface area contributed by atoms with Crippen LogP contribution < -0.4 is 10.5 Å². The Morgan fingerprint density at radius 1 is 1.12 bits per heavy atom. The maximum absolute atomic E-state index is 5.75. The first-order valence-corrected chi connectivity index (χ1v) is 5.11. The Bertz CT molecular complexity index is 509. The molecule has 0 amide bonds. The molecule has 3 heteroatoms. The van der Waals surface area contributed by atoms with Gasteiger partial charge in [-0.05, 0) is 37.1 Å². The van der Waals surface area contributed by atoms with Gasteiger partial charge in [0.1, 0.15) is 5.75 Å². The van der Waals surface area contributed by atoms with Crippen molar-refractivity contribution >= 4 is 5.69 Å². The molecule has 1 aromatic carbocycles. The van der Waals surface area contributed by atoms with Crippen LogP contribution in [-0.4, -0.2) is 4.98 Å². The zero-order chi connectivity index (χ0) is 11.5. The smallest absolute Gasteiger partial charge is 0.153 e. The number of ether oxygens (including phenoxy) is 1. The molecule has 3 nitrogen and oxygen atoms in total. The Morgan fingerprint density at radius 2 is 1.94 bits per heavy atom. The SMILES string of the molecule is Cc1ccc(Oc2ccncc2N)cc1C. The number of anilines is 1. The Balaban J connectivity index is 2.28. The van der Waals surface area contributed by atoms with Crippen molar-refractivity contribution in [3.63, 3.8) is 0 Å². The highest BCUT2D eigenvalue weighted by atomic mass is 16.5. The van der Waals surface area contributed by atoms with Crippen LogP contribution in [0.3, 0.4) is 0 Å². The third kappa shape index (κ3) is 2.14. The summed E-state index contributed by atoms with van der Waals surface area (Å²) in [4.78, 5) is 3.91. The van der Waals surface area contributed by atoms with Crippen LogP contribution in [0.1, 0.15) is 11.1 Å². The highest BCUT2D eigenvalue weighted by molar-refractivity contribution is 5.51. The highest BCUT2D eigenvalue weighted by Gasteiger charge is 2.02. The van der Waals surface area contributed by atoms with Gasteiger partial charge in [0.25, 0.3) is 0 Å². The standard InChI is InChI=1S/C13H14N2O/c1-9-3-4-11(7-10(9)2)16-13-5-6-15-8-12(13)14/h3-8H,14H2,1-2H3. The van der Waals surface area contributed by atoms with E-state index in [4.69, 9.17) is 10.5 Å². The molecular formula is C13H14N2O. The topological polar surface area (TPSA) is 48.1 Å². The van der Waals surface area contributed by atoms with Crippen LogP contribution >= 0.6 is 0 Å². The van der Waals surface area contributed by atoms with Crippen molar-refractivity contribution in [1.82, 2.24) is 4.98 Å². The van der Waals surface area contributed by atoms with E-state index in [0.29, 0.717) is 11.4 Å². The van der Waals surface area contributed by atoms with Gasteiger partial charge in [0, 0.05) is 12.3 Å². The molecule has 0 atom stereocenters. The van der Waals surface area contributed by atoms with Crippen LogP contribution in [-0.2, 0) is 0 Å². The van der Waals surface area contributed by atoms with Gasteiger partial charge in [0.05, 0.1) is 11.9 Å². The molecule has 2 rings (SSSR count). The van der Waals surface area contributed by atoms with Crippen molar-refractivity contribution in [2.75, 3.05) is 5.73 Å². The Morgan fingerprint density at radius 3 is 2.62 bits per heavy atom. The normalized spacial score (nSPS) is 10.1. The second-order valence-corrected chi connectivity index (χ2v) is 3.76. The summed E-state index contributed by atoms with van der Waals surface area (Å²) in [7, 11) is 0. The molecule has 0 unspecified atom stereocenters. The molecule has 2 aromatic rings. The van der Waals surface area contributed by atoms with E-state index in [1.165, 1.54) is 11.1 Å². The first-order chi connectivity index (χ1) is 7.66. The van der Waals surface area contributed by atoms with Gasteiger partial charge in [-0.15, -0.1) is 0 Å². The number of nitrogen functional groups attached to an aromatic ring is 1. The highest BCUT2D eigenvalue weighted by Crippen LogP contribution is 2.27. The monoisotopic (exact) mass is 214 g/mol. The number of nitrogens with zero attached hydrogens (tertiary/aromatic N) is 1. The number of pyridine rings is 1. The van der Waals surface area contributed by atoms with Gasteiger partial charge in [-0.2, -0.15) is 0 Å². The number of benzene rings is 1. The van der Waals surface area contributed by atoms with E-state index in [9.17, 15) is 0 Å². The number of aromatic nitrogens is 1. The summed E-state index contributed by atoms with van der Waals surface area (Å²) in [6.45, 7) is 4.12. The van der Waals surface area contributed by atoms with Crippen LogP contribution in [0.25, 0.3) is 0 Å². The lowest BCUT2D eigenvalue weighted by molar-refractivity contribution is 0.484. The molecule has 1 heterocycles. The number of rotatable bonds is 2. The third-order valence-electron chi connectivity index (χ3n) is 2.52. The van der Waals surface area contributed by atoms with Crippen LogP contribution in [0.15, 0.2) is 36.7 Å². The average Bonchev–Trinajstić information content (AvgIpc) is 2.27. The van der Waals surface area contributed by atoms with Crippen LogP contribution in [0.4, 0.5) is 5.69 Å². The largest absolute Gasteiger partial charge is 0.455 e. The molecule has 16 heavy (non-hydrogen) atoms. The van der Waals surface area contributed by atoms with E-state index in [1.807, 2.05) is 18.2 Å². The van der Waals surface area contributed by atoms with E-state index in [0.717, 1.165) is 5.75 Å². The van der Waals surface area contributed by atoms with Crippen molar-refractivity contribution in [2.45, 2.75) is 13.8 Å². The molecule has 0 aliphatic rings. The minimum Gasteiger partial charge on any atom is -0.455 e. The fourth-order valence-corrected chi connectivity index (χ4v) is 1.39. The summed E-state index contributed by atoms with van der Waals surface area (Å²) in [5, 5.41) is 0. The lowest BCUT2D eigenvalue weighted by atomic mass is 10.1. The summed E-state index contributed by atoms with van der Waals surface area (Å²) in [5.74, 6) is 1.43. The van der Waals surface area contributed by atoms with Crippen LogP contribution in [0.5, 0.6) is 11.5 Å². The summed E-state index contributed by atoms with van der Waals surface area (Å²) in [6, 6.07) is 7.71. The van der Waals surface area contributed by atoms with Gasteiger partial charge in [-0.3, -0.25) is 4.98 Å². The van der Waals surface area contributed by atoms with Crippen molar-refractivity contribution in [1.29, 1.82) is 0 Å². The lowest BCUT2D eigenvalue weighted by Gasteiger charge is -2.09. The second-order valence-electron chi connectivity index (χ2n) is 3.76. The van der Waals surface area contributed by atoms with Gasteiger partial charge >= 0.3 is 0 Å². The molecule has 0 saturated carbocycles. The number of hydrogen-bond donors (Lipinski definition) is 1. The summed E-state index contributed by atoms with van der Waals surface area (Å²) in [5.41, 5.74) is 8.74. The summed E-state index contributed by atoms with van der Waals surface area (Å²) < 4.78 is 5.68. The Hall–Kier alpha value is -2.03. The maximum Gasteiger partial charge on any atom is 0.153 e. The van der Waals surface area contributed by atoms with Crippen LogP contribution in [0, 0.1) is 13.8 Å². The van der Waals surface area contributed by atoms with Gasteiger partial charge in [0.2, 0.25) is 0 Å². The van der Waals surface area contributed by atoms with Gasteiger partial charge < -0.3 is 10.5 Å². The molecule has 82 valence electrons. The molecule has 2 N–H and O–H groups in total. The minimum absolute atomic E-state index is 0.542. The fraction of sp³-hybridized carbons (Fsp3) is 0.154. The van der Waals surface area contributed by atoms with E-state index < -0.39 is 0 Å².